The Balaban J connectivity index is 1.48. The number of carbonyl (C=O) groups is 1. The van der Waals surface area contributed by atoms with E-state index >= 15 is 0 Å². The van der Waals surface area contributed by atoms with Gasteiger partial charge in [-0.1, -0.05) is 5.16 Å². The zero-order chi connectivity index (χ0) is 17.8. The van der Waals surface area contributed by atoms with Crippen LogP contribution < -0.4 is 5.32 Å². The Morgan fingerprint density at radius 3 is 2.88 bits per heavy atom. The molecule has 0 radical (unpaired) electrons. The monoisotopic (exact) mass is 363 g/mol. The number of hydrogen-bond donors (Lipinski definition) is 1. The van der Waals surface area contributed by atoms with Gasteiger partial charge in [-0.3, -0.25) is 19.7 Å². The molecule has 0 spiro atoms. The Morgan fingerprint density at radius 1 is 1.15 bits per heavy atom. The quantitative estimate of drug-likeness (QED) is 0.585. The Kier molecular flexibility index (Phi) is 4.48. The molecule has 0 unspecified atom stereocenters. The molecule has 0 aliphatic carbocycles. The molecule has 0 saturated carbocycles. The molecule has 0 aliphatic heterocycles. The van der Waals surface area contributed by atoms with E-state index in [4.69, 9.17) is 4.52 Å². The number of thiophene rings is 1. The normalized spacial score (nSPS) is 10.6. The SMILES string of the molecule is O=C(NCc1nccnc1-c1ccsc1)c1cc(-c2cccnc2)on1. The molecule has 7 nitrogen and oxygen atoms in total. The highest BCUT2D eigenvalue weighted by atomic mass is 32.1. The van der Waals surface area contributed by atoms with Crippen molar-refractivity contribution in [2.75, 3.05) is 0 Å². The molecule has 8 heteroatoms. The summed E-state index contributed by atoms with van der Waals surface area (Å²) in [4.78, 5) is 25.1. The number of nitrogens with one attached hydrogen (secondary N) is 1. The lowest BCUT2D eigenvalue weighted by molar-refractivity contribution is 0.0941. The largest absolute Gasteiger partial charge is 0.355 e. The van der Waals surface area contributed by atoms with Crippen LogP contribution in [0.25, 0.3) is 22.6 Å². The van der Waals surface area contributed by atoms with E-state index in [-0.39, 0.29) is 18.1 Å². The highest BCUT2D eigenvalue weighted by Crippen LogP contribution is 2.22. The summed E-state index contributed by atoms with van der Waals surface area (Å²) in [5, 5.41) is 10.6. The second kappa shape index (κ2) is 7.24. The van der Waals surface area contributed by atoms with Crippen molar-refractivity contribution in [2.45, 2.75) is 6.54 Å². The second-order valence-corrected chi connectivity index (χ2v) is 6.14. The Bertz CT molecular complexity index is 1020. The summed E-state index contributed by atoms with van der Waals surface area (Å²) in [6, 6.07) is 7.18. The zero-order valence-electron chi connectivity index (χ0n) is 13.5. The van der Waals surface area contributed by atoms with Crippen LogP contribution >= 0.6 is 11.3 Å². The Labute approximate surface area is 152 Å². The van der Waals surface area contributed by atoms with Gasteiger partial charge in [0, 0.05) is 47.4 Å². The molecule has 0 bridgehead atoms. The van der Waals surface area contributed by atoms with Gasteiger partial charge in [-0.25, -0.2) is 0 Å². The molecule has 26 heavy (non-hydrogen) atoms. The van der Waals surface area contributed by atoms with Crippen molar-refractivity contribution in [3.8, 4) is 22.6 Å². The summed E-state index contributed by atoms with van der Waals surface area (Å²) in [5.74, 6) is 0.146. The summed E-state index contributed by atoms with van der Waals surface area (Å²) >= 11 is 1.58. The first kappa shape index (κ1) is 16.1. The highest BCUT2D eigenvalue weighted by molar-refractivity contribution is 7.08. The first-order valence-corrected chi connectivity index (χ1v) is 8.73. The zero-order valence-corrected chi connectivity index (χ0v) is 14.3. The molecule has 4 aromatic heterocycles. The van der Waals surface area contributed by atoms with Crippen LogP contribution in [0.5, 0.6) is 0 Å². The van der Waals surface area contributed by atoms with Crippen molar-refractivity contribution in [1.29, 1.82) is 0 Å². The van der Waals surface area contributed by atoms with Crippen molar-refractivity contribution in [1.82, 2.24) is 25.4 Å². The molecule has 1 amide bonds. The van der Waals surface area contributed by atoms with E-state index in [1.54, 1.807) is 48.3 Å². The van der Waals surface area contributed by atoms with Gasteiger partial charge in [-0.05, 0) is 23.6 Å². The average molecular weight is 363 g/mol. The summed E-state index contributed by atoms with van der Waals surface area (Å²) in [7, 11) is 0. The number of hydrogen-bond acceptors (Lipinski definition) is 7. The van der Waals surface area contributed by atoms with Crippen LogP contribution in [0.1, 0.15) is 16.2 Å². The van der Waals surface area contributed by atoms with Crippen LogP contribution in [0.15, 0.2) is 64.3 Å². The third kappa shape index (κ3) is 3.35. The predicted molar refractivity (Wildman–Crippen MR) is 96.2 cm³/mol. The second-order valence-electron chi connectivity index (χ2n) is 5.36. The minimum Gasteiger partial charge on any atom is -0.355 e. The third-order valence-electron chi connectivity index (χ3n) is 3.67. The van der Waals surface area contributed by atoms with E-state index in [0.29, 0.717) is 11.5 Å². The van der Waals surface area contributed by atoms with Gasteiger partial charge in [-0.15, -0.1) is 0 Å². The fourth-order valence-corrected chi connectivity index (χ4v) is 3.06. The lowest BCUT2D eigenvalue weighted by Gasteiger charge is -2.06. The molecule has 1 N–H and O–H groups in total. The number of aromatic nitrogens is 4. The summed E-state index contributed by atoms with van der Waals surface area (Å²) in [5.41, 5.74) is 3.38. The smallest absolute Gasteiger partial charge is 0.273 e. The Morgan fingerprint density at radius 2 is 2.08 bits per heavy atom. The van der Waals surface area contributed by atoms with Gasteiger partial charge in [-0.2, -0.15) is 11.3 Å². The lowest BCUT2D eigenvalue weighted by Crippen LogP contribution is -2.24. The first-order valence-electron chi connectivity index (χ1n) is 7.79. The van der Waals surface area contributed by atoms with Crippen LogP contribution in [-0.2, 0) is 6.54 Å². The number of nitrogens with zero attached hydrogens (tertiary/aromatic N) is 4. The summed E-state index contributed by atoms with van der Waals surface area (Å²) in [6.45, 7) is 0.243. The highest BCUT2D eigenvalue weighted by Gasteiger charge is 2.15. The fraction of sp³-hybridized carbons (Fsp3) is 0.0556. The van der Waals surface area contributed by atoms with E-state index in [1.165, 1.54) is 0 Å². The lowest BCUT2D eigenvalue weighted by atomic mass is 10.2. The summed E-state index contributed by atoms with van der Waals surface area (Å²) in [6.07, 6.45) is 6.55. The molecule has 0 aromatic carbocycles. The molecule has 4 aromatic rings. The maximum Gasteiger partial charge on any atom is 0.273 e. The topological polar surface area (TPSA) is 93.8 Å². The number of carbonyl (C=O) groups excluding carboxylic acids is 1. The Hall–Kier alpha value is -3.39. The molecular formula is C18H13N5O2S. The molecule has 0 atom stereocenters. The molecule has 4 rings (SSSR count). The van der Waals surface area contributed by atoms with E-state index in [9.17, 15) is 4.79 Å². The minimum absolute atomic E-state index is 0.199. The number of rotatable bonds is 5. The number of pyridine rings is 1. The van der Waals surface area contributed by atoms with Gasteiger partial charge in [0.2, 0.25) is 0 Å². The van der Waals surface area contributed by atoms with Crippen LogP contribution in [0.2, 0.25) is 0 Å². The third-order valence-corrected chi connectivity index (χ3v) is 4.36. The van der Waals surface area contributed by atoms with Crippen molar-refractivity contribution < 1.29 is 9.32 Å². The van der Waals surface area contributed by atoms with Crippen molar-refractivity contribution in [3.63, 3.8) is 0 Å². The molecule has 4 heterocycles. The molecule has 0 fully saturated rings. The number of amides is 1. The predicted octanol–water partition coefficient (Wildman–Crippen LogP) is 3.19. The molecule has 128 valence electrons. The van der Waals surface area contributed by atoms with Crippen molar-refractivity contribution in [2.24, 2.45) is 0 Å². The average Bonchev–Trinajstić information content (AvgIpc) is 3.39. The van der Waals surface area contributed by atoms with Gasteiger partial charge in [0.15, 0.2) is 11.5 Å². The van der Waals surface area contributed by atoms with Gasteiger partial charge < -0.3 is 9.84 Å². The van der Waals surface area contributed by atoms with Crippen LogP contribution in [0, 0.1) is 0 Å². The maximum atomic E-state index is 12.4. The van der Waals surface area contributed by atoms with E-state index in [1.807, 2.05) is 22.9 Å². The standard InChI is InChI=1S/C18H13N5O2S/c24-18(14-8-16(25-23-14)12-2-1-4-19-9-12)22-10-15-17(21-6-5-20-15)13-3-7-26-11-13/h1-9,11H,10H2,(H,22,24). The van der Waals surface area contributed by atoms with E-state index in [0.717, 1.165) is 16.8 Å². The van der Waals surface area contributed by atoms with Crippen molar-refractivity contribution >= 4 is 17.2 Å². The van der Waals surface area contributed by atoms with Gasteiger partial charge >= 0.3 is 0 Å². The van der Waals surface area contributed by atoms with Gasteiger partial charge in [0.25, 0.3) is 5.91 Å². The van der Waals surface area contributed by atoms with Crippen LogP contribution in [-0.4, -0.2) is 26.0 Å². The van der Waals surface area contributed by atoms with Crippen LogP contribution in [0.3, 0.4) is 0 Å². The van der Waals surface area contributed by atoms with E-state index < -0.39 is 0 Å². The molecule has 0 saturated heterocycles. The van der Waals surface area contributed by atoms with E-state index in [2.05, 4.69) is 25.4 Å². The van der Waals surface area contributed by atoms with Gasteiger partial charge in [0.05, 0.1) is 17.9 Å². The van der Waals surface area contributed by atoms with Crippen molar-refractivity contribution in [3.05, 3.63) is 71.2 Å². The summed E-state index contributed by atoms with van der Waals surface area (Å²) < 4.78 is 5.23. The molecule has 0 aliphatic rings. The van der Waals surface area contributed by atoms with Crippen LogP contribution in [0.4, 0.5) is 0 Å². The molecular weight excluding hydrogens is 350 g/mol. The minimum atomic E-state index is -0.342. The maximum absolute atomic E-state index is 12.4. The fourth-order valence-electron chi connectivity index (χ4n) is 2.42. The first-order chi connectivity index (χ1) is 12.8. The van der Waals surface area contributed by atoms with Gasteiger partial charge in [0.1, 0.15) is 0 Å².